The first-order valence-corrected chi connectivity index (χ1v) is 8.01. The van der Waals surface area contributed by atoms with Crippen molar-refractivity contribution in [2.24, 2.45) is 11.7 Å². The van der Waals surface area contributed by atoms with Gasteiger partial charge in [0.25, 0.3) is 0 Å². The third-order valence-electron chi connectivity index (χ3n) is 4.29. The first-order chi connectivity index (χ1) is 9.86. The highest BCUT2D eigenvalue weighted by Crippen LogP contribution is 2.34. The van der Waals surface area contributed by atoms with Crippen LogP contribution in [0.15, 0.2) is 24.3 Å². The van der Waals surface area contributed by atoms with Crippen LogP contribution in [0.5, 0.6) is 5.75 Å². The van der Waals surface area contributed by atoms with Crippen molar-refractivity contribution in [3.63, 3.8) is 0 Å². The lowest BCUT2D eigenvalue weighted by molar-refractivity contribution is 0.219. The summed E-state index contributed by atoms with van der Waals surface area (Å²) in [6.07, 6.45) is 6.82. The van der Waals surface area contributed by atoms with Crippen LogP contribution in [0.25, 0.3) is 0 Å². The summed E-state index contributed by atoms with van der Waals surface area (Å²) in [6, 6.07) is 8.97. The molecular formula is C17H26N2O. The van der Waals surface area contributed by atoms with Crippen LogP contribution in [-0.2, 0) is 6.54 Å². The lowest BCUT2D eigenvalue weighted by Crippen LogP contribution is -2.30. The normalized spacial score (nSPS) is 18.5. The molecular weight excluding hydrogens is 248 g/mol. The van der Waals surface area contributed by atoms with E-state index in [4.69, 9.17) is 10.5 Å². The van der Waals surface area contributed by atoms with E-state index in [9.17, 15) is 0 Å². The lowest BCUT2D eigenvalue weighted by Gasteiger charge is -2.21. The van der Waals surface area contributed by atoms with Crippen LogP contribution in [0, 0.1) is 5.92 Å². The van der Waals surface area contributed by atoms with E-state index in [1.165, 1.54) is 38.8 Å². The van der Waals surface area contributed by atoms with Crippen molar-refractivity contribution < 1.29 is 4.74 Å². The van der Waals surface area contributed by atoms with Crippen molar-refractivity contribution in [3.05, 3.63) is 29.8 Å². The zero-order valence-corrected chi connectivity index (χ0v) is 12.3. The molecule has 0 atom stereocenters. The standard InChI is InChI=1S/C17H26N2O/c18-12-15-4-1-2-5-17(15)20-11-3-10-19(16-8-9-16)13-14-6-7-14/h1-2,4-5,14,16H,3,6-13,18H2. The first-order valence-electron chi connectivity index (χ1n) is 8.01. The molecule has 1 aromatic rings. The molecule has 3 heteroatoms. The average Bonchev–Trinajstić information content (AvgIpc) is 3.36. The Kier molecular flexibility index (Phi) is 4.58. The summed E-state index contributed by atoms with van der Waals surface area (Å²) in [6.45, 7) is 3.85. The van der Waals surface area contributed by atoms with Gasteiger partial charge >= 0.3 is 0 Å². The Balaban J connectivity index is 1.40. The van der Waals surface area contributed by atoms with Gasteiger partial charge in [-0.1, -0.05) is 18.2 Å². The molecule has 20 heavy (non-hydrogen) atoms. The summed E-state index contributed by atoms with van der Waals surface area (Å²) in [5, 5.41) is 0. The fraction of sp³-hybridized carbons (Fsp3) is 0.647. The Morgan fingerprint density at radius 3 is 2.65 bits per heavy atom. The molecule has 2 aliphatic carbocycles. The summed E-state index contributed by atoms with van der Waals surface area (Å²) in [4.78, 5) is 2.69. The summed E-state index contributed by atoms with van der Waals surface area (Å²) in [5.74, 6) is 1.95. The minimum atomic E-state index is 0.548. The fourth-order valence-electron chi connectivity index (χ4n) is 2.76. The second-order valence-electron chi connectivity index (χ2n) is 6.18. The fourth-order valence-corrected chi connectivity index (χ4v) is 2.76. The zero-order chi connectivity index (χ0) is 13.8. The molecule has 0 unspecified atom stereocenters. The van der Waals surface area contributed by atoms with Gasteiger partial charge in [-0.15, -0.1) is 0 Å². The summed E-state index contributed by atoms with van der Waals surface area (Å²) in [5.41, 5.74) is 6.83. The molecule has 0 radical (unpaired) electrons. The van der Waals surface area contributed by atoms with Crippen LogP contribution in [0.4, 0.5) is 0 Å². The molecule has 0 amide bonds. The molecule has 1 aromatic carbocycles. The molecule has 2 aliphatic rings. The van der Waals surface area contributed by atoms with Crippen molar-refractivity contribution >= 4 is 0 Å². The molecule has 0 aliphatic heterocycles. The molecule has 3 nitrogen and oxygen atoms in total. The Morgan fingerprint density at radius 2 is 1.95 bits per heavy atom. The topological polar surface area (TPSA) is 38.5 Å². The van der Waals surface area contributed by atoms with Gasteiger partial charge in [-0.25, -0.2) is 0 Å². The van der Waals surface area contributed by atoms with E-state index in [-0.39, 0.29) is 0 Å². The summed E-state index contributed by atoms with van der Waals surface area (Å²) < 4.78 is 5.89. The quantitative estimate of drug-likeness (QED) is 0.704. The Hall–Kier alpha value is -1.06. The van der Waals surface area contributed by atoms with Gasteiger partial charge in [0.15, 0.2) is 0 Å². The number of nitrogens with zero attached hydrogens (tertiary/aromatic N) is 1. The number of para-hydroxylation sites is 1. The number of benzene rings is 1. The third-order valence-corrected chi connectivity index (χ3v) is 4.29. The maximum Gasteiger partial charge on any atom is 0.123 e. The smallest absolute Gasteiger partial charge is 0.123 e. The van der Waals surface area contributed by atoms with Gasteiger partial charge in [-0.2, -0.15) is 0 Å². The molecule has 2 saturated carbocycles. The van der Waals surface area contributed by atoms with Crippen LogP contribution < -0.4 is 10.5 Å². The van der Waals surface area contributed by atoms with Gasteiger partial charge in [0, 0.05) is 31.2 Å². The minimum Gasteiger partial charge on any atom is -0.493 e. The Morgan fingerprint density at radius 1 is 1.15 bits per heavy atom. The monoisotopic (exact) mass is 274 g/mol. The van der Waals surface area contributed by atoms with Crippen LogP contribution in [0.2, 0.25) is 0 Å². The zero-order valence-electron chi connectivity index (χ0n) is 12.3. The third kappa shape index (κ3) is 3.97. The maximum absolute atomic E-state index is 5.89. The number of ether oxygens (including phenoxy) is 1. The van der Waals surface area contributed by atoms with Crippen molar-refractivity contribution in [2.45, 2.75) is 44.7 Å². The summed E-state index contributed by atoms with van der Waals surface area (Å²) >= 11 is 0. The Bertz CT molecular complexity index is 427. The molecule has 0 saturated heterocycles. The molecule has 3 rings (SSSR count). The van der Waals surface area contributed by atoms with Gasteiger partial charge in [0.05, 0.1) is 6.61 Å². The van der Waals surface area contributed by atoms with E-state index in [1.807, 2.05) is 24.3 Å². The van der Waals surface area contributed by atoms with E-state index in [0.29, 0.717) is 6.54 Å². The van der Waals surface area contributed by atoms with E-state index in [1.54, 1.807) is 0 Å². The predicted molar refractivity (Wildman–Crippen MR) is 81.8 cm³/mol. The van der Waals surface area contributed by atoms with Crippen molar-refractivity contribution in [1.29, 1.82) is 0 Å². The van der Waals surface area contributed by atoms with Crippen molar-refractivity contribution in [1.82, 2.24) is 4.90 Å². The van der Waals surface area contributed by atoms with Crippen molar-refractivity contribution in [2.75, 3.05) is 19.7 Å². The molecule has 2 N–H and O–H groups in total. The second kappa shape index (κ2) is 6.59. The van der Waals surface area contributed by atoms with E-state index in [0.717, 1.165) is 36.3 Å². The number of hydrogen-bond donors (Lipinski definition) is 1. The Labute approximate surface area is 122 Å². The van der Waals surface area contributed by atoms with Crippen LogP contribution in [0.3, 0.4) is 0 Å². The van der Waals surface area contributed by atoms with Gasteiger partial charge in [-0.05, 0) is 44.1 Å². The van der Waals surface area contributed by atoms with Gasteiger partial charge < -0.3 is 10.5 Å². The van der Waals surface area contributed by atoms with E-state index >= 15 is 0 Å². The van der Waals surface area contributed by atoms with Gasteiger partial charge in [0.2, 0.25) is 0 Å². The molecule has 0 bridgehead atoms. The first kappa shape index (κ1) is 13.9. The minimum absolute atomic E-state index is 0.548. The van der Waals surface area contributed by atoms with Crippen molar-refractivity contribution in [3.8, 4) is 5.75 Å². The maximum atomic E-state index is 5.89. The highest BCUT2D eigenvalue weighted by molar-refractivity contribution is 5.32. The average molecular weight is 274 g/mol. The van der Waals surface area contributed by atoms with Crippen LogP contribution >= 0.6 is 0 Å². The van der Waals surface area contributed by atoms with Gasteiger partial charge in [-0.3, -0.25) is 4.90 Å². The molecule has 2 fully saturated rings. The summed E-state index contributed by atoms with van der Waals surface area (Å²) in [7, 11) is 0. The van der Waals surface area contributed by atoms with Gasteiger partial charge in [0.1, 0.15) is 5.75 Å². The van der Waals surface area contributed by atoms with Crippen LogP contribution in [-0.4, -0.2) is 30.6 Å². The SMILES string of the molecule is NCc1ccccc1OCCCN(CC1CC1)C1CC1. The molecule has 0 spiro atoms. The number of rotatable bonds is 9. The van der Waals surface area contributed by atoms with E-state index < -0.39 is 0 Å². The lowest BCUT2D eigenvalue weighted by atomic mass is 10.2. The number of hydrogen-bond acceptors (Lipinski definition) is 3. The highest BCUT2D eigenvalue weighted by atomic mass is 16.5. The largest absolute Gasteiger partial charge is 0.493 e. The van der Waals surface area contributed by atoms with Crippen LogP contribution in [0.1, 0.15) is 37.7 Å². The molecule has 110 valence electrons. The molecule has 0 heterocycles. The predicted octanol–water partition coefficient (Wildman–Crippen LogP) is 2.79. The number of nitrogens with two attached hydrogens (primary N) is 1. The second-order valence-corrected chi connectivity index (χ2v) is 6.18. The highest BCUT2D eigenvalue weighted by Gasteiger charge is 2.33. The molecule has 0 aromatic heterocycles. The van der Waals surface area contributed by atoms with E-state index in [2.05, 4.69) is 4.90 Å².